The van der Waals surface area contributed by atoms with Gasteiger partial charge in [-0.1, -0.05) is 42.0 Å². The topological polar surface area (TPSA) is 95.9 Å². The van der Waals surface area contributed by atoms with E-state index in [1.54, 1.807) is 0 Å². The lowest BCUT2D eigenvalue weighted by atomic mass is 10.1. The van der Waals surface area contributed by atoms with Crippen LogP contribution in [0.3, 0.4) is 0 Å². The largest absolute Gasteiger partial charge is 0.493 e. The summed E-state index contributed by atoms with van der Waals surface area (Å²) in [6, 6.07) is 16.7. The van der Waals surface area contributed by atoms with Gasteiger partial charge in [-0.15, -0.1) is 0 Å². The number of rotatable bonds is 11. The van der Waals surface area contributed by atoms with Gasteiger partial charge < -0.3 is 20.3 Å². The molecule has 0 amide bonds. The van der Waals surface area contributed by atoms with Gasteiger partial charge in [-0.25, -0.2) is 4.79 Å². The molecule has 0 spiro atoms. The van der Waals surface area contributed by atoms with E-state index in [9.17, 15) is 18.0 Å². The molecule has 176 valence electrons. The first-order valence-corrected chi connectivity index (χ1v) is 10.1. The van der Waals surface area contributed by atoms with Crippen LogP contribution in [0.2, 0.25) is 0 Å². The molecule has 9 heteroatoms. The number of alkyl halides is 3. The van der Waals surface area contributed by atoms with Crippen molar-refractivity contribution < 1.29 is 37.7 Å². The van der Waals surface area contributed by atoms with Crippen LogP contribution in [0.15, 0.2) is 48.5 Å². The van der Waals surface area contributed by atoms with Crippen LogP contribution in [0.1, 0.15) is 29.5 Å². The Morgan fingerprint density at radius 3 is 2.19 bits per heavy atom. The number of carboxylic acids is 2. The molecule has 2 rings (SSSR count). The average Bonchev–Trinajstić information content (AvgIpc) is 2.70. The molecule has 3 N–H and O–H groups in total. The molecule has 0 unspecified atom stereocenters. The molecule has 0 radical (unpaired) electrons. The Hall–Kier alpha value is -3.07. The number of aryl methyl sites for hydroxylation is 2. The lowest BCUT2D eigenvalue weighted by molar-refractivity contribution is -0.192. The Morgan fingerprint density at radius 1 is 0.969 bits per heavy atom. The zero-order valence-electron chi connectivity index (χ0n) is 17.8. The van der Waals surface area contributed by atoms with Crippen LogP contribution in [-0.4, -0.2) is 48.0 Å². The Morgan fingerprint density at radius 2 is 1.59 bits per heavy atom. The molecule has 0 bridgehead atoms. The number of halogens is 3. The van der Waals surface area contributed by atoms with Gasteiger partial charge in [0, 0.05) is 13.0 Å². The Labute approximate surface area is 185 Å². The second-order valence-corrected chi connectivity index (χ2v) is 7.04. The van der Waals surface area contributed by atoms with Crippen molar-refractivity contribution in [3.63, 3.8) is 0 Å². The normalized spacial score (nSPS) is 10.8. The number of ether oxygens (including phenoxy) is 1. The van der Waals surface area contributed by atoms with Crippen molar-refractivity contribution in [3.05, 3.63) is 65.2 Å². The quantitative estimate of drug-likeness (QED) is 0.439. The van der Waals surface area contributed by atoms with Crippen LogP contribution < -0.4 is 10.1 Å². The third-order valence-corrected chi connectivity index (χ3v) is 4.22. The maximum Gasteiger partial charge on any atom is 0.490 e. The zero-order chi connectivity index (χ0) is 24.0. The highest BCUT2D eigenvalue weighted by atomic mass is 19.4. The van der Waals surface area contributed by atoms with E-state index < -0.39 is 18.1 Å². The number of carboxylic acid groups (broad SMARTS) is 2. The summed E-state index contributed by atoms with van der Waals surface area (Å²) in [6.45, 7) is 4.12. The highest BCUT2D eigenvalue weighted by Gasteiger charge is 2.38. The molecule has 0 saturated carbocycles. The van der Waals surface area contributed by atoms with Crippen LogP contribution >= 0.6 is 0 Å². The van der Waals surface area contributed by atoms with Crippen molar-refractivity contribution in [2.45, 2.75) is 38.8 Å². The van der Waals surface area contributed by atoms with E-state index in [-0.39, 0.29) is 6.42 Å². The van der Waals surface area contributed by atoms with Crippen LogP contribution in [-0.2, 0) is 22.4 Å². The molecule has 0 fully saturated rings. The van der Waals surface area contributed by atoms with Gasteiger partial charge in [0.15, 0.2) is 0 Å². The van der Waals surface area contributed by atoms with Crippen molar-refractivity contribution in [1.29, 1.82) is 0 Å². The van der Waals surface area contributed by atoms with Gasteiger partial charge in [0.2, 0.25) is 0 Å². The number of hydrogen-bond acceptors (Lipinski definition) is 4. The lowest BCUT2D eigenvalue weighted by Gasteiger charge is -2.09. The van der Waals surface area contributed by atoms with E-state index in [1.807, 2.05) is 12.1 Å². The van der Waals surface area contributed by atoms with Crippen molar-refractivity contribution >= 4 is 11.9 Å². The number of nitrogens with one attached hydrogen (secondary N) is 1. The Balaban J connectivity index is 0.000000633. The Kier molecular flexibility index (Phi) is 11.9. The molecule has 0 aromatic heterocycles. The summed E-state index contributed by atoms with van der Waals surface area (Å²) < 4.78 is 37.6. The molecule has 0 saturated heterocycles. The standard InChI is InChI=1S/C21H27NO3.C2HF3O2/c1-17-5-2-6-19(15-17)11-14-25-20-9-3-7-18(16-20)8-4-12-22-13-10-21(23)24;3-2(4,5)1(6)7/h2-3,5-7,9,15-16,22H,4,8,10-14H2,1H3,(H,23,24);(H,6,7). The summed E-state index contributed by atoms with van der Waals surface area (Å²) in [6.07, 6.45) is -2.08. The van der Waals surface area contributed by atoms with Crippen molar-refractivity contribution in [2.75, 3.05) is 19.7 Å². The molecular formula is C23H28F3NO5. The summed E-state index contributed by atoms with van der Waals surface area (Å²) >= 11 is 0. The Bertz CT molecular complexity index is 856. The first-order valence-electron chi connectivity index (χ1n) is 10.1. The maximum atomic E-state index is 10.6. The molecule has 0 aliphatic heterocycles. The lowest BCUT2D eigenvalue weighted by Crippen LogP contribution is -2.21. The average molecular weight is 455 g/mol. The minimum absolute atomic E-state index is 0.171. The highest BCUT2D eigenvalue weighted by molar-refractivity contribution is 5.73. The molecule has 2 aromatic carbocycles. The van der Waals surface area contributed by atoms with Crippen molar-refractivity contribution in [3.8, 4) is 5.75 Å². The fourth-order valence-corrected chi connectivity index (χ4v) is 2.68. The van der Waals surface area contributed by atoms with Crippen molar-refractivity contribution in [2.24, 2.45) is 0 Å². The number of hydrogen-bond donors (Lipinski definition) is 3. The SMILES string of the molecule is Cc1cccc(CCOc2cccc(CCCNCCC(=O)O)c2)c1.O=C(O)C(F)(F)F. The second-order valence-electron chi connectivity index (χ2n) is 7.04. The van der Waals surface area contributed by atoms with E-state index >= 15 is 0 Å². The molecular weight excluding hydrogens is 427 g/mol. The summed E-state index contributed by atoms with van der Waals surface area (Å²) in [4.78, 5) is 19.3. The summed E-state index contributed by atoms with van der Waals surface area (Å²) in [5.74, 6) is -2.61. The van der Waals surface area contributed by atoms with E-state index in [4.69, 9.17) is 19.7 Å². The van der Waals surface area contributed by atoms with Crippen LogP contribution in [0.25, 0.3) is 0 Å². The second kappa shape index (κ2) is 14.1. The summed E-state index contributed by atoms with van der Waals surface area (Å²) in [5.41, 5.74) is 3.81. The molecule has 2 aromatic rings. The predicted octanol–water partition coefficient (Wildman–Crippen LogP) is 4.25. The molecule has 6 nitrogen and oxygen atoms in total. The molecule has 0 aliphatic rings. The third-order valence-electron chi connectivity index (χ3n) is 4.22. The highest BCUT2D eigenvalue weighted by Crippen LogP contribution is 2.15. The predicted molar refractivity (Wildman–Crippen MR) is 114 cm³/mol. The number of carbonyl (C=O) groups is 2. The van der Waals surface area contributed by atoms with Gasteiger partial charge in [0.05, 0.1) is 13.0 Å². The number of benzene rings is 2. The van der Waals surface area contributed by atoms with Crippen LogP contribution in [0.4, 0.5) is 13.2 Å². The molecule has 0 atom stereocenters. The zero-order valence-corrected chi connectivity index (χ0v) is 17.8. The van der Waals surface area contributed by atoms with Crippen molar-refractivity contribution in [1.82, 2.24) is 5.32 Å². The fraction of sp³-hybridized carbons (Fsp3) is 0.391. The van der Waals surface area contributed by atoms with Gasteiger partial charge in [0.25, 0.3) is 0 Å². The number of aliphatic carboxylic acids is 2. The third kappa shape index (κ3) is 12.6. The van der Waals surface area contributed by atoms with Crippen LogP contribution in [0, 0.1) is 6.92 Å². The van der Waals surface area contributed by atoms with E-state index in [0.29, 0.717) is 13.2 Å². The molecule has 32 heavy (non-hydrogen) atoms. The van der Waals surface area contributed by atoms with Gasteiger partial charge in [-0.3, -0.25) is 4.79 Å². The van der Waals surface area contributed by atoms with E-state index in [0.717, 1.165) is 31.6 Å². The van der Waals surface area contributed by atoms with Gasteiger partial charge >= 0.3 is 18.1 Å². The smallest absolute Gasteiger partial charge is 0.490 e. The summed E-state index contributed by atoms with van der Waals surface area (Å²) in [5, 5.41) is 18.9. The van der Waals surface area contributed by atoms with E-state index in [2.05, 4.69) is 48.6 Å². The molecule has 0 heterocycles. The first-order chi connectivity index (χ1) is 15.1. The summed E-state index contributed by atoms with van der Waals surface area (Å²) in [7, 11) is 0. The van der Waals surface area contributed by atoms with Gasteiger partial charge in [0.1, 0.15) is 5.75 Å². The van der Waals surface area contributed by atoms with Crippen LogP contribution in [0.5, 0.6) is 5.75 Å². The minimum Gasteiger partial charge on any atom is -0.493 e. The molecule has 0 aliphatic carbocycles. The van der Waals surface area contributed by atoms with E-state index in [1.165, 1.54) is 16.7 Å². The fourth-order valence-electron chi connectivity index (χ4n) is 2.68. The minimum atomic E-state index is -5.08. The van der Waals surface area contributed by atoms with Gasteiger partial charge in [-0.2, -0.15) is 13.2 Å². The van der Waals surface area contributed by atoms with Gasteiger partial charge in [-0.05, 0) is 49.6 Å². The first kappa shape index (κ1) is 27.0. The monoisotopic (exact) mass is 455 g/mol. The maximum absolute atomic E-state index is 10.6.